The van der Waals surface area contributed by atoms with Gasteiger partial charge in [0.05, 0.1) is 5.75 Å². The van der Waals surface area contributed by atoms with Gasteiger partial charge in [-0.15, -0.1) is 0 Å². The van der Waals surface area contributed by atoms with E-state index in [9.17, 15) is 9.18 Å². The minimum atomic E-state index is -0.301. The molecule has 0 atom stereocenters. The third kappa shape index (κ3) is 4.59. The summed E-state index contributed by atoms with van der Waals surface area (Å²) in [6, 6.07) is 7.48. The highest BCUT2D eigenvalue weighted by Crippen LogP contribution is 2.17. The van der Waals surface area contributed by atoms with Gasteiger partial charge in [-0.1, -0.05) is 23.9 Å². The van der Waals surface area contributed by atoms with Gasteiger partial charge in [0, 0.05) is 19.7 Å². The van der Waals surface area contributed by atoms with E-state index in [1.807, 2.05) is 0 Å². The standard InChI is InChI=1S/C14H16FN5OS/c1-20(7-9-2-4-10(15)5-3-9)13(21)8-22-14-18-11(16)6-12(17)19-14/h2-6H,7-8H2,1H3,(H4,16,17,18,19). The maximum atomic E-state index is 12.8. The molecule has 4 N–H and O–H groups in total. The van der Waals surface area contributed by atoms with Crippen molar-refractivity contribution in [2.24, 2.45) is 0 Å². The summed E-state index contributed by atoms with van der Waals surface area (Å²) in [6.45, 7) is 0.402. The van der Waals surface area contributed by atoms with Crippen LogP contribution in [0.4, 0.5) is 16.0 Å². The van der Waals surface area contributed by atoms with Crippen LogP contribution in [0.1, 0.15) is 5.56 Å². The van der Waals surface area contributed by atoms with E-state index >= 15 is 0 Å². The molecule has 2 aromatic rings. The maximum Gasteiger partial charge on any atom is 0.233 e. The first-order valence-corrected chi connectivity index (χ1v) is 7.44. The van der Waals surface area contributed by atoms with Crippen molar-refractivity contribution < 1.29 is 9.18 Å². The van der Waals surface area contributed by atoms with Crippen molar-refractivity contribution in [1.29, 1.82) is 0 Å². The third-order valence-corrected chi connectivity index (χ3v) is 3.66. The first kappa shape index (κ1) is 16.0. The first-order chi connectivity index (χ1) is 10.4. The van der Waals surface area contributed by atoms with E-state index in [2.05, 4.69) is 9.97 Å². The smallest absolute Gasteiger partial charge is 0.233 e. The zero-order valence-corrected chi connectivity index (χ0v) is 12.8. The second-order valence-corrected chi connectivity index (χ2v) is 5.61. The maximum absolute atomic E-state index is 12.8. The van der Waals surface area contributed by atoms with Crippen LogP contribution >= 0.6 is 11.8 Å². The average molecular weight is 321 g/mol. The Bertz CT molecular complexity index is 645. The van der Waals surface area contributed by atoms with Gasteiger partial charge in [0.25, 0.3) is 0 Å². The van der Waals surface area contributed by atoms with Crippen molar-refractivity contribution in [3.8, 4) is 0 Å². The van der Waals surface area contributed by atoms with Crippen LogP contribution in [0.25, 0.3) is 0 Å². The Balaban J connectivity index is 1.89. The number of nitrogens with two attached hydrogens (primary N) is 2. The highest BCUT2D eigenvalue weighted by molar-refractivity contribution is 7.99. The van der Waals surface area contributed by atoms with Crippen molar-refractivity contribution in [3.63, 3.8) is 0 Å². The van der Waals surface area contributed by atoms with Gasteiger partial charge in [-0.3, -0.25) is 4.79 Å². The number of benzene rings is 1. The quantitative estimate of drug-likeness (QED) is 0.640. The Morgan fingerprint density at radius 2 is 1.82 bits per heavy atom. The molecule has 22 heavy (non-hydrogen) atoms. The lowest BCUT2D eigenvalue weighted by molar-refractivity contribution is -0.127. The molecule has 0 aliphatic rings. The highest BCUT2D eigenvalue weighted by Gasteiger charge is 2.11. The molecule has 0 aliphatic carbocycles. The lowest BCUT2D eigenvalue weighted by Crippen LogP contribution is -2.27. The summed E-state index contributed by atoms with van der Waals surface area (Å²) >= 11 is 1.16. The Labute approximate surface area is 131 Å². The van der Waals surface area contributed by atoms with Crippen molar-refractivity contribution in [1.82, 2.24) is 14.9 Å². The van der Waals surface area contributed by atoms with E-state index in [1.54, 1.807) is 24.1 Å². The number of carbonyl (C=O) groups is 1. The van der Waals surface area contributed by atoms with Crippen LogP contribution in [0.2, 0.25) is 0 Å². The number of amides is 1. The SMILES string of the molecule is CN(Cc1ccc(F)cc1)C(=O)CSc1nc(N)cc(N)n1. The van der Waals surface area contributed by atoms with Gasteiger partial charge in [-0.25, -0.2) is 14.4 Å². The summed E-state index contributed by atoms with van der Waals surface area (Å²) in [5.41, 5.74) is 12.0. The summed E-state index contributed by atoms with van der Waals surface area (Å²) in [7, 11) is 1.68. The molecule has 0 fully saturated rings. The number of halogens is 1. The van der Waals surface area contributed by atoms with Crippen LogP contribution < -0.4 is 11.5 Å². The molecule has 0 radical (unpaired) electrons. The fourth-order valence-electron chi connectivity index (χ4n) is 1.71. The van der Waals surface area contributed by atoms with Crippen molar-refractivity contribution in [2.75, 3.05) is 24.3 Å². The summed E-state index contributed by atoms with van der Waals surface area (Å²) in [4.78, 5) is 21.6. The zero-order valence-electron chi connectivity index (χ0n) is 12.0. The van der Waals surface area contributed by atoms with E-state index in [1.165, 1.54) is 18.2 Å². The summed E-state index contributed by atoms with van der Waals surface area (Å²) in [5.74, 6) is 0.300. The number of carbonyl (C=O) groups excluding carboxylic acids is 1. The van der Waals surface area contributed by atoms with E-state index in [0.717, 1.165) is 17.3 Å². The van der Waals surface area contributed by atoms with Crippen LogP contribution in [0, 0.1) is 5.82 Å². The largest absolute Gasteiger partial charge is 0.383 e. The second-order valence-electron chi connectivity index (χ2n) is 4.67. The van der Waals surface area contributed by atoms with Crippen LogP contribution in [0.15, 0.2) is 35.5 Å². The predicted octanol–water partition coefficient (Wildman–Crippen LogP) is 1.53. The zero-order chi connectivity index (χ0) is 16.1. The van der Waals surface area contributed by atoms with E-state index in [-0.39, 0.29) is 29.1 Å². The average Bonchev–Trinajstić information content (AvgIpc) is 2.46. The number of rotatable bonds is 5. The lowest BCUT2D eigenvalue weighted by Gasteiger charge is -2.16. The van der Waals surface area contributed by atoms with Crippen LogP contribution in [-0.4, -0.2) is 33.6 Å². The molecule has 1 aromatic heterocycles. The van der Waals surface area contributed by atoms with E-state index in [4.69, 9.17) is 11.5 Å². The molecule has 8 heteroatoms. The van der Waals surface area contributed by atoms with Gasteiger partial charge in [0.2, 0.25) is 5.91 Å². The molecule has 1 aromatic carbocycles. The monoisotopic (exact) mass is 321 g/mol. The Morgan fingerprint density at radius 3 is 2.41 bits per heavy atom. The molecule has 0 bridgehead atoms. The molecular formula is C14H16FN5OS. The van der Waals surface area contributed by atoms with Crippen molar-refractivity contribution >= 4 is 29.3 Å². The predicted molar refractivity (Wildman–Crippen MR) is 84.5 cm³/mol. The first-order valence-electron chi connectivity index (χ1n) is 6.45. The number of hydrogen-bond acceptors (Lipinski definition) is 6. The summed E-state index contributed by atoms with van der Waals surface area (Å²) in [5, 5.41) is 0.362. The molecule has 0 spiro atoms. The molecular weight excluding hydrogens is 305 g/mol. The fraction of sp³-hybridized carbons (Fsp3) is 0.214. The Hall–Kier alpha value is -2.35. The molecule has 1 amide bonds. The number of anilines is 2. The van der Waals surface area contributed by atoms with E-state index in [0.29, 0.717) is 11.7 Å². The molecule has 0 unspecified atom stereocenters. The van der Waals surface area contributed by atoms with Crippen LogP contribution in [0.3, 0.4) is 0 Å². The minimum Gasteiger partial charge on any atom is -0.383 e. The van der Waals surface area contributed by atoms with Gasteiger partial charge in [-0.05, 0) is 17.7 Å². The number of aromatic nitrogens is 2. The van der Waals surface area contributed by atoms with E-state index < -0.39 is 0 Å². The van der Waals surface area contributed by atoms with Gasteiger partial charge in [-0.2, -0.15) is 0 Å². The molecule has 6 nitrogen and oxygen atoms in total. The van der Waals surface area contributed by atoms with Crippen LogP contribution in [-0.2, 0) is 11.3 Å². The third-order valence-electron chi connectivity index (χ3n) is 2.83. The van der Waals surface area contributed by atoms with Gasteiger partial charge >= 0.3 is 0 Å². The normalized spacial score (nSPS) is 10.5. The molecule has 0 saturated carbocycles. The van der Waals surface area contributed by atoms with Crippen molar-refractivity contribution in [3.05, 3.63) is 41.7 Å². The highest BCUT2D eigenvalue weighted by atomic mass is 32.2. The molecule has 116 valence electrons. The number of thioether (sulfide) groups is 1. The molecule has 1 heterocycles. The number of nitrogens with zero attached hydrogens (tertiary/aromatic N) is 3. The number of nitrogen functional groups attached to an aromatic ring is 2. The number of hydrogen-bond donors (Lipinski definition) is 2. The minimum absolute atomic E-state index is 0.0982. The van der Waals surface area contributed by atoms with Crippen molar-refractivity contribution in [2.45, 2.75) is 11.7 Å². The Morgan fingerprint density at radius 1 is 1.23 bits per heavy atom. The van der Waals surface area contributed by atoms with Crippen LogP contribution in [0.5, 0.6) is 0 Å². The van der Waals surface area contributed by atoms with Gasteiger partial charge in [0.1, 0.15) is 17.5 Å². The Kier molecular flexibility index (Phi) is 5.16. The molecule has 0 aliphatic heterocycles. The summed E-state index contributed by atoms with van der Waals surface area (Å²) < 4.78 is 12.8. The summed E-state index contributed by atoms with van der Waals surface area (Å²) in [6.07, 6.45) is 0. The van der Waals surface area contributed by atoms with Gasteiger partial charge in [0.15, 0.2) is 5.16 Å². The molecule has 2 rings (SSSR count). The molecule has 0 saturated heterocycles. The van der Waals surface area contributed by atoms with Gasteiger partial charge < -0.3 is 16.4 Å². The second kappa shape index (κ2) is 7.08. The topological polar surface area (TPSA) is 98.1 Å². The lowest BCUT2D eigenvalue weighted by atomic mass is 10.2. The fourth-order valence-corrected chi connectivity index (χ4v) is 2.53.